The number of cyclic esters (lactones) is 1. The molecule has 0 saturated carbocycles. The molecule has 3 rings (SSSR count). The molecule has 0 bridgehead atoms. The Balaban J connectivity index is 1.58. The van der Waals surface area contributed by atoms with Gasteiger partial charge in [-0.15, -0.1) is 11.8 Å². The standard InChI is InChI=1S/C19H23N3O5S/c20-14-7-6-12(11-28-13-4-2-1-3-5-13)9-22(18(14)25)10-16(23)21-15-8-17(24)27-19(15)26/h1-6,14-15,19,26H,7-11,20H2,(H,21,23). The van der Waals surface area contributed by atoms with E-state index >= 15 is 0 Å². The van der Waals surface area contributed by atoms with Gasteiger partial charge in [-0.1, -0.05) is 24.3 Å². The number of hydrogen-bond donors (Lipinski definition) is 3. The van der Waals surface area contributed by atoms with E-state index in [1.165, 1.54) is 4.90 Å². The lowest BCUT2D eigenvalue weighted by Gasteiger charge is -2.24. The van der Waals surface area contributed by atoms with E-state index in [2.05, 4.69) is 10.1 Å². The number of esters is 1. The van der Waals surface area contributed by atoms with E-state index in [9.17, 15) is 19.5 Å². The van der Waals surface area contributed by atoms with Gasteiger partial charge >= 0.3 is 5.97 Å². The van der Waals surface area contributed by atoms with Crippen LogP contribution >= 0.6 is 11.8 Å². The number of rotatable bonds is 6. The Hall–Kier alpha value is -2.36. The fraction of sp³-hybridized carbons (Fsp3) is 0.421. The third-order valence-corrected chi connectivity index (χ3v) is 5.64. The van der Waals surface area contributed by atoms with Gasteiger partial charge in [0.15, 0.2) is 0 Å². The second-order valence-corrected chi connectivity index (χ2v) is 7.81. The molecule has 3 unspecified atom stereocenters. The van der Waals surface area contributed by atoms with Crippen LogP contribution in [0.4, 0.5) is 0 Å². The molecule has 1 fully saturated rings. The average Bonchev–Trinajstić information content (AvgIpc) is 2.92. The Kier molecular flexibility index (Phi) is 6.71. The van der Waals surface area contributed by atoms with Crippen LogP contribution in [-0.4, -0.2) is 65.0 Å². The van der Waals surface area contributed by atoms with Gasteiger partial charge in [-0.3, -0.25) is 14.4 Å². The van der Waals surface area contributed by atoms with Crippen LogP contribution in [0.25, 0.3) is 0 Å². The summed E-state index contributed by atoms with van der Waals surface area (Å²) in [5, 5.41) is 12.1. The highest BCUT2D eigenvalue weighted by Gasteiger charge is 2.35. The monoisotopic (exact) mass is 405 g/mol. The highest BCUT2D eigenvalue weighted by Crippen LogP contribution is 2.22. The Bertz CT molecular complexity index is 770. The van der Waals surface area contributed by atoms with E-state index in [4.69, 9.17) is 5.73 Å². The maximum Gasteiger partial charge on any atom is 0.310 e. The Morgan fingerprint density at radius 3 is 2.75 bits per heavy atom. The number of aliphatic hydroxyl groups is 1. The molecule has 150 valence electrons. The van der Waals surface area contributed by atoms with Crippen LogP contribution in [0, 0.1) is 0 Å². The summed E-state index contributed by atoms with van der Waals surface area (Å²) in [5.74, 6) is -0.662. The van der Waals surface area contributed by atoms with E-state index in [1.807, 2.05) is 36.4 Å². The van der Waals surface area contributed by atoms with Crippen molar-refractivity contribution in [2.45, 2.75) is 36.1 Å². The summed E-state index contributed by atoms with van der Waals surface area (Å²) in [5.41, 5.74) is 6.95. The van der Waals surface area contributed by atoms with Gasteiger partial charge in [0.2, 0.25) is 18.1 Å². The predicted octanol–water partition coefficient (Wildman–Crippen LogP) is 0.0148. The third kappa shape index (κ3) is 5.34. The van der Waals surface area contributed by atoms with Gasteiger partial charge in [0.05, 0.1) is 19.0 Å². The first kappa shape index (κ1) is 20.4. The summed E-state index contributed by atoms with van der Waals surface area (Å²) >= 11 is 1.65. The van der Waals surface area contributed by atoms with Crippen LogP contribution in [0.1, 0.15) is 12.8 Å². The first-order chi connectivity index (χ1) is 13.4. The molecule has 0 spiro atoms. The number of benzene rings is 1. The number of nitrogens with one attached hydrogen (secondary N) is 1. The van der Waals surface area contributed by atoms with Gasteiger partial charge < -0.3 is 25.8 Å². The van der Waals surface area contributed by atoms with Crippen molar-refractivity contribution in [2.75, 3.05) is 18.8 Å². The number of carbonyl (C=O) groups excluding carboxylic acids is 3. The molecule has 2 amide bonds. The molecule has 2 heterocycles. The van der Waals surface area contributed by atoms with Gasteiger partial charge in [0, 0.05) is 17.2 Å². The number of nitrogens with two attached hydrogens (primary N) is 1. The zero-order valence-electron chi connectivity index (χ0n) is 15.2. The summed E-state index contributed by atoms with van der Waals surface area (Å²) in [6.45, 7) is 0.111. The Labute approximate surface area is 167 Å². The number of hydrogen-bond acceptors (Lipinski definition) is 7. The third-order valence-electron chi connectivity index (χ3n) is 4.51. The highest BCUT2D eigenvalue weighted by molar-refractivity contribution is 7.99. The van der Waals surface area contributed by atoms with Crippen molar-refractivity contribution in [2.24, 2.45) is 5.73 Å². The molecule has 8 nitrogen and oxygen atoms in total. The van der Waals surface area contributed by atoms with Crippen molar-refractivity contribution < 1.29 is 24.2 Å². The molecular formula is C19H23N3O5S. The molecule has 4 N–H and O–H groups in total. The lowest BCUT2D eigenvalue weighted by molar-refractivity contribution is -0.155. The number of ether oxygens (including phenoxy) is 1. The second-order valence-electron chi connectivity index (χ2n) is 6.76. The van der Waals surface area contributed by atoms with Gasteiger partial charge in [0.25, 0.3) is 0 Å². The molecule has 9 heteroatoms. The zero-order chi connectivity index (χ0) is 20.1. The molecule has 28 heavy (non-hydrogen) atoms. The average molecular weight is 405 g/mol. The summed E-state index contributed by atoms with van der Waals surface area (Å²) < 4.78 is 4.60. The quantitative estimate of drug-likeness (QED) is 0.346. The highest BCUT2D eigenvalue weighted by atomic mass is 32.2. The fourth-order valence-corrected chi connectivity index (χ4v) is 3.95. The van der Waals surface area contributed by atoms with Crippen molar-refractivity contribution >= 4 is 29.5 Å². The fourth-order valence-electron chi connectivity index (χ4n) is 3.04. The number of thioether (sulfide) groups is 1. The molecule has 0 aromatic heterocycles. The van der Waals surface area contributed by atoms with Crippen LogP contribution in [-0.2, 0) is 19.1 Å². The van der Waals surface area contributed by atoms with Crippen LogP contribution < -0.4 is 11.1 Å². The molecule has 0 aliphatic carbocycles. The summed E-state index contributed by atoms with van der Waals surface area (Å²) in [6.07, 6.45) is 0.921. The van der Waals surface area contributed by atoms with Gasteiger partial charge in [-0.2, -0.15) is 0 Å². The number of aliphatic hydroxyl groups excluding tert-OH is 1. The minimum atomic E-state index is -1.36. The molecule has 0 radical (unpaired) electrons. The maximum atomic E-state index is 12.5. The number of amides is 2. The SMILES string of the molecule is NC1CC=C(CSc2ccccc2)CN(CC(=O)NC2CC(=O)OC2O)C1=O. The predicted molar refractivity (Wildman–Crippen MR) is 103 cm³/mol. The normalized spacial score (nSPS) is 25.1. The lowest BCUT2D eigenvalue weighted by atomic mass is 10.2. The van der Waals surface area contributed by atoms with Crippen molar-refractivity contribution in [3.63, 3.8) is 0 Å². The van der Waals surface area contributed by atoms with Crippen LogP contribution in [0.15, 0.2) is 46.9 Å². The van der Waals surface area contributed by atoms with E-state index in [-0.39, 0.29) is 18.9 Å². The number of carbonyl (C=O) groups is 3. The molecule has 2 aliphatic heterocycles. The molecule has 1 aromatic rings. The molecular weight excluding hydrogens is 382 g/mol. The maximum absolute atomic E-state index is 12.5. The van der Waals surface area contributed by atoms with Crippen LogP contribution in [0.3, 0.4) is 0 Å². The molecule has 1 saturated heterocycles. The summed E-state index contributed by atoms with van der Waals surface area (Å²) in [4.78, 5) is 38.5. The summed E-state index contributed by atoms with van der Waals surface area (Å²) in [7, 11) is 0. The van der Waals surface area contributed by atoms with Crippen molar-refractivity contribution in [3.05, 3.63) is 42.0 Å². The first-order valence-electron chi connectivity index (χ1n) is 8.99. The Morgan fingerprint density at radius 2 is 2.07 bits per heavy atom. The minimum absolute atomic E-state index is 0.0980. The van der Waals surface area contributed by atoms with Crippen LogP contribution in [0.2, 0.25) is 0 Å². The molecule has 3 atom stereocenters. The van der Waals surface area contributed by atoms with Gasteiger partial charge in [0.1, 0.15) is 6.04 Å². The lowest BCUT2D eigenvalue weighted by Crippen LogP contribution is -2.50. The van der Waals surface area contributed by atoms with Crippen molar-refractivity contribution in [3.8, 4) is 0 Å². The van der Waals surface area contributed by atoms with Crippen molar-refractivity contribution in [1.29, 1.82) is 0 Å². The largest absolute Gasteiger partial charge is 0.434 e. The van der Waals surface area contributed by atoms with Crippen LogP contribution in [0.5, 0.6) is 0 Å². The molecule has 1 aromatic carbocycles. The minimum Gasteiger partial charge on any atom is -0.434 e. The second kappa shape index (κ2) is 9.22. The van der Waals surface area contributed by atoms with E-state index in [0.29, 0.717) is 18.7 Å². The molecule has 2 aliphatic rings. The van der Waals surface area contributed by atoms with Gasteiger partial charge in [-0.25, -0.2) is 0 Å². The van der Waals surface area contributed by atoms with Gasteiger partial charge in [-0.05, 0) is 24.1 Å². The van der Waals surface area contributed by atoms with E-state index < -0.39 is 30.3 Å². The Morgan fingerprint density at radius 1 is 1.32 bits per heavy atom. The topological polar surface area (TPSA) is 122 Å². The smallest absolute Gasteiger partial charge is 0.310 e. The first-order valence-corrected chi connectivity index (χ1v) is 9.98. The number of nitrogens with zero attached hydrogens (tertiary/aromatic N) is 1. The summed E-state index contributed by atoms with van der Waals surface area (Å²) in [6, 6.07) is 8.40. The van der Waals surface area contributed by atoms with E-state index in [0.717, 1.165) is 10.5 Å². The zero-order valence-corrected chi connectivity index (χ0v) is 16.1. The van der Waals surface area contributed by atoms with Crippen molar-refractivity contribution in [1.82, 2.24) is 10.2 Å². The van der Waals surface area contributed by atoms with E-state index in [1.54, 1.807) is 11.8 Å².